The zero-order chi connectivity index (χ0) is 5.82. The Morgan fingerprint density at radius 2 is 1.64 bits per heavy atom. The van der Waals surface area contributed by atoms with E-state index in [1.165, 1.54) is 0 Å². The minimum atomic E-state index is 0. The SMILES string of the molecule is C[N-]CC1C=CC=C1.[Cl-].[Cl-].[Zr+3]. The van der Waals surface area contributed by atoms with E-state index in [0.29, 0.717) is 5.92 Å². The van der Waals surface area contributed by atoms with Crippen molar-refractivity contribution in [1.29, 1.82) is 0 Å². The topological polar surface area (TPSA) is 14.1 Å². The minimum absolute atomic E-state index is 0. The van der Waals surface area contributed by atoms with Crippen molar-refractivity contribution in [2.24, 2.45) is 5.92 Å². The second kappa shape index (κ2) is 10.9. The van der Waals surface area contributed by atoms with Crippen LogP contribution in [0.4, 0.5) is 0 Å². The molecule has 0 aromatic carbocycles. The van der Waals surface area contributed by atoms with Crippen molar-refractivity contribution in [3.05, 3.63) is 29.6 Å². The maximum absolute atomic E-state index is 4.02. The maximum atomic E-state index is 4.02. The Kier molecular flexibility index (Phi) is 17.7. The monoisotopic (exact) mass is 268 g/mol. The molecule has 1 rings (SSSR count). The third-order valence-corrected chi connectivity index (χ3v) is 1.22. The third kappa shape index (κ3) is 7.27. The van der Waals surface area contributed by atoms with Crippen LogP contribution in [-0.4, -0.2) is 13.6 Å². The molecule has 0 spiro atoms. The molecule has 0 heterocycles. The average molecular weight is 270 g/mol. The molecular formula is C7H10Cl2NZr. The zero-order valence-corrected chi connectivity index (χ0v) is 10.3. The van der Waals surface area contributed by atoms with Gasteiger partial charge in [-0.25, -0.2) is 0 Å². The van der Waals surface area contributed by atoms with E-state index in [9.17, 15) is 0 Å². The van der Waals surface area contributed by atoms with E-state index in [1.54, 1.807) is 0 Å². The van der Waals surface area contributed by atoms with Crippen LogP contribution in [-0.2, 0) is 26.2 Å². The van der Waals surface area contributed by atoms with Crippen molar-refractivity contribution < 1.29 is 51.0 Å². The van der Waals surface area contributed by atoms with Crippen LogP contribution in [0.2, 0.25) is 0 Å². The summed E-state index contributed by atoms with van der Waals surface area (Å²) in [5.74, 6) is 0.583. The van der Waals surface area contributed by atoms with E-state index in [4.69, 9.17) is 0 Å². The van der Waals surface area contributed by atoms with Gasteiger partial charge in [0.15, 0.2) is 0 Å². The van der Waals surface area contributed by atoms with Gasteiger partial charge in [-0.1, -0.05) is 24.3 Å². The Balaban J connectivity index is -0.000000213. The van der Waals surface area contributed by atoms with E-state index in [0.717, 1.165) is 6.54 Å². The van der Waals surface area contributed by atoms with Gasteiger partial charge in [-0.3, -0.25) is 0 Å². The molecule has 1 nitrogen and oxygen atoms in total. The first-order chi connectivity index (χ1) is 3.93. The zero-order valence-electron chi connectivity index (χ0n) is 6.30. The molecule has 0 saturated heterocycles. The quantitative estimate of drug-likeness (QED) is 0.482. The summed E-state index contributed by atoms with van der Waals surface area (Å²) >= 11 is 0. The summed E-state index contributed by atoms with van der Waals surface area (Å²) in [7, 11) is 1.85. The summed E-state index contributed by atoms with van der Waals surface area (Å²) in [5, 5.41) is 4.02. The van der Waals surface area contributed by atoms with Crippen LogP contribution in [0.3, 0.4) is 0 Å². The molecule has 0 fully saturated rings. The summed E-state index contributed by atoms with van der Waals surface area (Å²) in [6, 6.07) is 0. The van der Waals surface area contributed by atoms with E-state index in [-0.39, 0.29) is 51.0 Å². The molecule has 1 radical (unpaired) electrons. The molecule has 1 aliphatic rings. The standard InChI is InChI=1S/C7H10N.2ClH.Zr/c1-8-6-7-4-2-3-5-7;;;/h2-5,7H,6H2,1H3;2*1H;/q-1;;;+3/p-2. The van der Waals surface area contributed by atoms with Gasteiger partial charge < -0.3 is 30.1 Å². The van der Waals surface area contributed by atoms with Crippen LogP contribution in [0.15, 0.2) is 24.3 Å². The van der Waals surface area contributed by atoms with Gasteiger partial charge in [0, 0.05) is 0 Å². The Bertz CT molecular complexity index is 114. The van der Waals surface area contributed by atoms with Gasteiger partial charge in [0.05, 0.1) is 0 Å². The molecule has 0 N–H and O–H groups in total. The minimum Gasteiger partial charge on any atom is -1.00 e. The molecule has 61 valence electrons. The van der Waals surface area contributed by atoms with Crippen LogP contribution < -0.4 is 24.8 Å². The second-order valence-electron chi connectivity index (χ2n) is 1.93. The van der Waals surface area contributed by atoms with Gasteiger partial charge >= 0.3 is 26.2 Å². The van der Waals surface area contributed by atoms with Crippen molar-refractivity contribution in [2.75, 3.05) is 13.6 Å². The third-order valence-electron chi connectivity index (χ3n) is 1.22. The Labute approximate surface area is 99.6 Å². The van der Waals surface area contributed by atoms with Crippen molar-refractivity contribution in [3.63, 3.8) is 0 Å². The van der Waals surface area contributed by atoms with Gasteiger partial charge in [-0.15, -0.1) is 6.54 Å². The Morgan fingerprint density at radius 3 is 2.00 bits per heavy atom. The summed E-state index contributed by atoms with van der Waals surface area (Å²) < 4.78 is 0. The molecule has 1 aliphatic carbocycles. The fourth-order valence-electron chi connectivity index (χ4n) is 0.810. The molecule has 0 bridgehead atoms. The van der Waals surface area contributed by atoms with E-state index in [2.05, 4.69) is 29.6 Å². The molecule has 0 unspecified atom stereocenters. The smallest absolute Gasteiger partial charge is 1.00 e. The van der Waals surface area contributed by atoms with E-state index < -0.39 is 0 Å². The number of allylic oxidation sites excluding steroid dienone is 2. The van der Waals surface area contributed by atoms with Crippen LogP contribution in [0.25, 0.3) is 5.32 Å². The first kappa shape index (κ1) is 17.9. The number of hydrogen-bond donors (Lipinski definition) is 0. The van der Waals surface area contributed by atoms with E-state index >= 15 is 0 Å². The summed E-state index contributed by atoms with van der Waals surface area (Å²) in [6.07, 6.45) is 8.45. The number of rotatable bonds is 2. The largest absolute Gasteiger partial charge is 3.00 e. The number of hydrogen-bond acceptors (Lipinski definition) is 0. The van der Waals surface area contributed by atoms with Crippen LogP contribution >= 0.6 is 0 Å². The predicted octanol–water partition coefficient (Wildman–Crippen LogP) is -4.26. The van der Waals surface area contributed by atoms with Crippen molar-refractivity contribution in [2.45, 2.75) is 0 Å². The molecule has 0 aromatic heterocycles. The normalized spacial score (nSPS) is 13.2. The summed E-state index contributed by atoms with van der Waals surface area (Å²) in [5.41, 5.74) is 0. The van der Waals surface area contributed by atoms with Gasteiger partial charge in [0.25, 0.3) is 0 Å². The first-order valence-electron chi connectivity index (χ1n) is 2.84. The van der Waals surface area contributed by atoms with Crippen molar-refractivity contribution in [1.82, 2.24) is 0 Å². The molecule has 0 saturated carbocycles. The first-order valence-corrected chi connectivity index (χ1v) is 2.84. The summed E-state index contributed by atoms with van der Waals surface area (Å²) in [4.78, 5) is 0. The Hall–Kier alpha value is 0.903. The van der Waals surface area contributed by atoms with Gasteiger partial charge in [0.2, 0.25) is 0 Å². The molecule has 0 aliphatic heterocycles. The number of halogens is 2. The molecule has 11 heavy (non-hydrogen) atoms. The molecular weight excluding hydrogens is 260 g/mol. The fourth-order valence-corrected chi connectivity index (χ4v) is 0.810. The maximum Gasteiger partial charge on any atom is 3.00 e. The van der Waals surface area contributed by atoms with Gasteiger partial charge in [0.1, 0.15) is 0 Å². The second-order valence-corrected chi connectivity index (χ2v) is 1.93. The van der Waals surface area contributed by atoms with Crippen molar-refractivity contribution in [3.8, 4) is 0 Å². The van der Waals surface area contributed by atoms with Gasteiger partial charge in [-0.05, 0) is 5.92 Å². The molecule has 0 aromatic rings. The molecule has 0 amide bonds. The number of nitrogens with zero attached hydrogens (tertiary/aromatic N) is 1. The molecule has 0 atom stereocenters. The van der Waals surface area contributed by atoms with Gasteiger partial charge in [-0.2, -0.15) is 7.05 Å². The van der Waals surface area contributed by atoms with Crippen LogP contribution in [0.1, 0.15) is 0 Å². The Morgan fingerprint density at radius 1 is 1.18 bits per heavy atom. The molecule has 4 heteroatoms. The fraction of sp³-hybridized carbons (Fsp3) is 0.429. The predicted molar refractivity (Wildman–Crippen MR) is 35.9 cm³/mol. The average Bonchev–Trinajstić information content (AvgIpc) is 2.19. The summed E-state index contributed by atoms with van der Waals surface area (Å²) in [6.45, 7) is 0.938. The van der Waals surface area contributed by atoms with Crippen molar-refractivity contribution >= 4 is 0 Å². The van der Waals surface area contributed by atoms with Crippen LogP contribution in [0, 0.1) is 5.92 Å². The van der Waals surface area contributed by atoms with Crippen LogP contribution in [0.5, 0.6) is 0 Å². The van der Waals surface area contributed by atoms with E-state index in [1.807, 2.05) is 7.05 Å².